The summed E-state index contributed by atoms with van der Waals surface area (Å²) in [4.78, 5) is 23.5. The number of carbonyl (C=O) groups excluding carboxylic acids is 1. The topological polar surface area (TPSA) is 95.1 Å². The van der Waals surface area contributed by atoms with Gasteiger partial charge in [-0.15, -0.1) is 0 Å². The van der Waals surface area contributed by atoms with E-state index in [0.717, 1.165) is 10.2 Å². The van der Waals surface area contributed by atoms with Gasteiger partial charge in [0.15, 0.2) is 0 Å². The van der Waals surface area contributed by atoms with E-state index in [2.05, 4.69) is 21.2 Å². The molecule has 3 rings (SSSR count). The molecule has 0 spiro atoms. The maximum Gasteiger partial charge on any atom is 0.335 e. The number of aromatic carboxylic acids is 1. The van der Waals surface area contributed by atoms with Crippen LogP contribution in [0.15, 0.2) is 76.9 Å². The number of nitriles is 1. The van der Waals surface area contributed by atoms with Crippen LogP contribution < -0.4 is 5.32 Å². The number of hydrogen-bond acceptors (Lipinski definition) is 3. The van der Waals surface area contributed by atoms with Crippen LogP contribution in [0.1, 0.15) is 16.1 Å². The summed E-state index contributed by atoms with van der Waals surface area (Å²) in [6, 6.07) is 19.0. The Morgan fingerprint density at radius 1 is 1.11 bits per heavy atom. The summed E-state index contributed by atoms with van der Waals surface area (Å²) in [7, 11) is 0. The van der Waals surface area contributed by atoms with Crippen molar-refractivity contribution in [3.05, 3.63) is 88.2 Å². The zero-order valence-electron chi connectivity index (χ0n) is 14.5. The number of halogens is 1. The van der Waals surface area contributed by atoms with Gasteiger partial charge in [-0.05, 0) is 60.7 Å². The molecular formula is C21H14BrN3O3. The number of carboxylic acid groups (broad SMARTS) is 1. The molecule has 7 heteroatoms. The van der Waals surface area contributed by atoms with E-state index < -0.39 is 11.9 Å². The first-order valence-corrected chi connectivity index (χ1v) is 8.97. The second-order valence-electron chi connectivity index (χ2n) is 5.79. The Morgan fingerprint density at radius 2 is 1.86 bits per heavy atom. The summed E-state index contributed by atoms with van der Waals surface area (Å²) in [5.74, 6) is -1.71. The minimum Gasteiger partial charge on any atom is -0.478 e. The van der Waals surface area contributed by atoms with E-state index in [9.17, 15) is 14.9 Å². The third-order valence-electron chi connectivity index (χ3n) is 3.91. The normalized spacial score (nSPS) is 10.9. The van der Waals surface area contributed by atoms with Crippen LogP contribution in [0.5, 0.6) is 0 Å². The highest BCUT2D eigenvalue weighted by molar-refractivity contribution is 9.10. The van der Waals surface area contributed by atoms with Gasteiger partial charge in [0.25, 0.3) is 5.91 Å². The van der Waals surface area contributed by atoms with E-state index in [1.807, 2.05) is 47.2 Å². The van der Waals surface area contributed by atoms with Crippen LogP contribution in [0.3, 0.4) is 0 Å². The minimum absolute atomic E-state index is 0.0457. The Kier molecular flexibility index (Phi) is 5.72. The van der Waals surface area contributed by atoms with Gasteiger partial charge in [0.2, 0.25) is 0 Å². The summed E-state index contributed by atoms with van der Waals surface area (Å²) >= 11 is 3.39. The van der Waals surface area contributed by atoms with Gasteiger partial charge in [-0.1, -0.05) is 22.0 Å². The molecule has 6 nitrogen and oxygen atoms in total. The Balaban J connectivity index is 1.87. The number of nitrogens with zero attached hydrogens (tertiary/aromatic N) is 2. The predicted octanol–water partition coefficient (Wildman–Crippen LogP) is 4.48. The molecule has 1 aromatic heterocycles. The van der Waals surface area contributed by atoms with Crippen LogP contribution in [-0.2, 0) is 4.79 Å². The number of aromatic nitrogens is 1. The van der Waals surface area contributed by atoms with Gasteiger partial charge in [0, 0.05) is 27.7 Å². The van der Waals surface area contributed by atoms with Crippen molar-refractivity contribution in [2.24, 2.45) is 0 Å². The van der Waals surface area contributed by atoms with Crippen LogP contribution in [0, 0.1) is 11.3 Å². The van der Waals surface area contributed by atoms with Crippen molar-refractivity contribution < 1.29 is 14.7 Å². The lowest BCUT2D eigenvalue weighted by atomic mass is 10.1. The molecule has 0 bridgehead atoms. The van der Waals surface area contributed by atoms with Crippen LogP contribution in [0.4, 0.5) is 5.69 Å². The molecular weight excluding hydrogens is 422 g/mol. The lowest BCUT2D eigenvalue weighted by Crippen LogP contribution is -2.14. The third kappa shape index (κ3) is 4.37. The molecule has 0 unspecified atom stereocenters. The monoisotopic (exact) mass is 435 g/mol. The molecule has 0 saturated carbocycles. The fraction of sp³-hybridized carbons (Fsp3) is 0. The average Bonchev–Trinajstić information content (AvgIpc) is 3.15. The number of anilines is 1. The highest BCUT2D eigenvalue weighted by Crippen LogP contribution is 2.19. The molecule has 0 aliphatic carbocycles. The maximum atomic E-state index is 12.5. The second-order valence-corrected chi connectivity index (χ2v) is 6.71. The lowest BCUT2D eigenvalue weighted by molar-refractivity contribution is -0.112. The molecule has 2 aromatic carbocycles. The number of rotatable bonds is 5. The van der Waals surface area contributed by atoms with Crippen LogP contribution in [-0.4, -0.2) is 21.6 Å². The van der Waals surface area contributed by atoms with Gasteiger partial charge in [0.05, 0.1) is 5.56 Å². The molecule has 0 saturated heterocycles. The quantitative estimate of drug-likeness (QED) is 0.455. The van der Waals surface area contributed by atoms with Crippen molar-refractivity contribution in [1.82, 2.24) is 4.57 Å². The predicted molar refractivity (Wildman–Crippen MR) is 109 cm³/mol. The first kappa shape index (κ1) is 19.1. The molecule has 28 heavy (non-hydrogen) atoms. The van der Waals surface area contributed by atoms with Crippen LogP contribution >= 0.6 is 15.9 Å². The van der Waals surface area contributed by atoms with Gasteiger partial charge in [-0.2, -0.15) is 5.26 Å². The fourth-order valence-electron chi connectivity index (χ4n) is 2.57. The Labute approximate surface area is 169 Å². The van der Waals surface area contributed by atoms with Crippen molar-refractivity contribution >= 4 is 39.6 Å². The third-order valence-corrected chi connectivity index (χ3v) is 4.44. The number of benzene rings is 2. The molecule has 0 aliphatic heterocycles. The van der Waals surface area contributed by atoms with E-state index in [4.69, 9.17) is 5.11 Å². The number of carbonyl (C=O) groups is 2. The zero-order chi connectivity index (χ0) is 20.1. The summed E-state index contributed by atoms with van der Waals surface area (Å²) in [6.07, 6.45) is 3.32. The average molecular weight is 436 g/mol. The van der Waals surface area contributed by atoms with Crippen LogP contribution in [0.25, 0.3) is 11.8 Å². The van der Waals surface area contributed by atoms with Crippen molar-refractivity contribution in [3.63, 3.8) is 0 Å². The first-order chi connectivity index (χ1) is 13.5. The van der Waals surface area contributed by atoms with Crippen LogP contribution in [0.2, 0.25) is 0 Å². The second kappa shape index (κ2) is 8.37. The lowest BCUT2D eigenvalue weighted by Gasteiger charge is -2.08. The summed E-state index contributed by atoms with van der Waals surface area (Å²) in [6.45, 7) is 0. The summed E-state index contributed by atoms with van der Waals surface area (Å²) in [5.41, 5.74) is 1.79. The molecule has 2 N–H and O–H groups in total. The molecule has 0 radical (unpaired) electrons. The molecule has 1 amide bonds. The SMILES string of the molecule is N#C/C(=C/c1cccn1-c1ccc(Br)cc1)C(=O)Nc1cccc(C(=O)O)c1. The molecule has 0 fully saturated rings. The largest absolute Gasteiger partial charge is 0.478 e. The van der Waals surface area contributed by atoms with Gasteiger partial charge >= 0.3 is 5.97 Å². The standard InChI is InChI=1S/C21H14BrN3O3/c22-16-6-8-18(9-7-16)25-10-2-5-19(25)12-15(13-23)20(26)24-17-4-1-3-14(11-17)21(27)28/h1-12H,(H,24,26)(H,27,28)/b15-12-. The van der Waals surface area contributed by atoms with E-state index in [1.165, 1.54) is 24.3 Å². The van der Waals surface area contributed by atoms with Crippen molar-refractivity contribution in [2.75, 3.05) is 5.32 Å². The van der Waals surface area contributed by atoms with E-state index in [-0.39, 0.29) is 11.1 Å². The van der Waals surface area contributed by atoms with Crippen molar-refractivity contribution in [2.45, 2.75) is 0 Å². The van der Waals surface area contributed by atoms with Crippen molar-refractivity contribution in [3.8, 4) is 11.8 Å². The smallest absolute Gasteiger partial charge is 0.335 e. The molecule has 0 atom stereocenters. The first-order valence-electron chi connectivity index (χ1n) is 8.18. The zero-order valence-corrected chi connectivity index (χ0v) is 16.1. The fourth-order valence-corrected chi connectivity index (χ4v) is 2.84. The number of carboxylic acids is 1. The van der Waals surface area contributed by atoms with E-state index in [0.29, 0.717) is 11.4 Å². The minimum atomic E-state index is -1.10. The van der Waals surface area contributed by atoms with E-state index in [1.54, 1.807) is 12.1 Å². The maximum absolute atomic E-state index is 12.5. The van der Waals surface area contributed by atoms with E-state index >= 15 is 0 Å². The molecule has 3 aromatic rings. The summed E-state index contributed by atoms with van der Waals surface area (Å²) < 4.78 is 2.79. The van der Waals surface area contributed by atoms with Crippen molar-refractivity contribution in [1.29, 1.82) is 5.26 Å². The van der Waals surface area contributed by atoms with Gasteiger partial charge in [-0.25, -0.2) is 4.79 Å². The summed E-state index contributed by atoms with van der Waals surface area (Å²) in [5, 5.41) is 21.0. The number of nitrogens with one attached hydrogen (secondary N) is 1. The molecule has 138 valence electrons. The Morgan fingerprint density at radius 3 is 2.54 bits per heavy atom. The van der Waals surface area contributed by atoms with Gasteiger partial charge in [-0.3, -0.25) is 4.79 Å². The van der Waals surface area contributed by atoms with Gasteiger partial charge < -0.3 is 15.0 Å². The Bertz CT molecular complexity index is 1110. The Hall–Kier alpha value is -3.63. The highest BCUT2D eigenvalue weighted by atomic mass is 79.9. The highest BCUT2D eigenvalue weighted by Gasteiger charge is 2.12. The number of hydrogen-bond donors (Lipinski definition) is 2. The molecule has 1 heterocycles. The number of amides is 1. The molecule has 0 aliphatic rings. The van der Waals surface area contributed by atoms with Gasteiger partial charge in [0.1, 0.15) is 11.6 Å².